The van der Waals surface area contributed by atoms with Crippen LogP contribution in [0.15, 0.2) is 66.7 Å². The number of nitrogens with zero attached hydrogens (tertiary/aromatic N) is 3. The number of carbonyl (C=O) groups excluding carboxylic acids is 4. The highest BCUT2D eigenvalue weighted by Gasteiger charge is 2.49. The Morgan fingerprint density at radius 2 is 1.69 bits per heavy atom. The van der Waals surface area contributed by atoms with E-state index in [1.165, 1.54) is 23.1 Å². The number of imide groups is 1. The molecule has 1 saturated heterocycles. The minimum Gasteiger partial charge on any atom is -0.454 e. The number of rotatable bonds is 7. The Hall–Kier alpha value is -5.25. The van der Waals surface area contributed by atoms with E-state index in [1.54, 1.807) is 49.4 Å². The maximum atomic E-state index is 13.4. The van der Waals surface area contributed by atoms with E-state index in [0.29, 0.717) is 39.3 Å². The number of nitro benzene ring substituents is 1. The molecule has 10 nitrogen and oxygen atoms in total. The Bertz CT molecular complexity index is 1900. The van der Waals surface area contributed by atoms with Gasteiger partial charge in [0.25, 0.3) is 5.69 Å². The summed E-state index contributed by atoms with van der Waals surface area (Å²) in [6, 6.07) is 18.1. The molecule has 0 spiro atoms. The molecular weight excluding hydrogens is 574 g/mol. The Labute approximate surface area is 259 Å². The Kier molecular flexibility index (Phi) is 7.74. The van der Waals surface area contributed by atoms with E-state index in [2.05, 4.69) is 6.92 Å². The quantitative estimate of drug-likeness (QED) is 0.0777. The molecule has 0 bridgehead atoms. The molecule has 3 unspecified atom stereocenters. The van der Waals surface area contributed by atoms with Crippen LogP contribution in [0.4, 0.5) is 11.4 Å². The number of para-hydroxylation sites is 1. The SMILES string of the molecule is Cc1ccc(C(=O)COC(=O)c2cc(-c3ccc(N4C(=O)C5CCC(C)CC5C4=O)cc3)nc3c(C)cccc23)cc1[N+](=O)[O-]. The van der Waals surface area contributed by atoms with Crippen LogP contribution in [0, 0.1) is 41.7 Å². The summed E-state index contributed by atoms with van der Waals surface area (Å²) in [6.45, 7) is 4.96. The smallest absolute Gasteiger partial charge is 0.339 e. The number of Topliss-reactive ketones (excluding diaryl/α,β-unsaturated/α-hetero) is 1. The van der Waals surface area contributed by atoms with Gasteiger partial charge in [-0.15, -0.1) is 0 Å². The van der Waals surface area contributed by atoms with E-state index in [9.17, 15) is 29.3 Å². The summed E-state index contributed by atoms with van der Waals surface area (Å²) in [5, 5.41) is 11.8. The molecule has 2 heterocycles. The molecule has 45 heavy (non-hydrogen) atoms. The maximum absolute atomic E-state index is 13.4. The fraction of sp³-hybridized carbons (Fsp3) is 0.286. The zero-order valence-electron chi connectivity index (χ0n) is 25.1. The van der Waals surface area contributed by atoms with E-state index in [4.69, 9.17) is 9.72 Å². The summed E-state index contributed by atoms with van der Waals surface area (Å²) >= 11 is 0. The highest BCUT2D eigenvalue weighted by Crippen LogP contribution is 2.42. The molecule has 10 heteroatoms. The van der Waals surface area contributed by atoms with Gasteiger partial charge in [0.05, 0.1) is 39.2 Å². The van der Waals surface area contributed by atoms with Crippen LogP contribution in [0.3, 0.4) is 0 Å². The van der Waals surface area contributed by atoms with Crippen LogP contribution in [0.1, 0.15) is 58.0 Å². The second kappa shape index (κ2) is 11.7. The molecule has 2 fully saturated rings. The number of benzene rings is 3. The zero-order chi connectivity index (χ0) is 32.0. The molecule has 2 aliphatic rings. The Morgan fingerprint density at radius 1 is 0.956 bits per heavy atom. The third kappa shape index (κ3) is 5.48. The molecular formula is C35H31N3O7. The van der Waals surface area contributed by atoms with Crippen LogP contribution in [0.5, 0.6) is 0 Å². The first-order chi connectivity index (χ1) is 21.5. The summed E-state index contributed by atoms with van der Waals surface area (Å²) in [5.41, 5.74) is 3.53. The highest BCUT2D eigenvalue weighted by molar-refractivity contribution is 6.22. The average molecular weight is 606 g/mol. The molecule has 0 N–H and O–H groups in total. The van der Waals surface area contributed by atoms with Crippen molar-refractivity contribution >= 4 is 45.8 Å². The third-order valence-electron chi connectivity index (χ3n) is 8.93. The van der Waals surface area contributed by atoms with Crippen molar-refractivity contribution in [3.05, 3.63) is 99.1 Å². The number of ketones is 1. The number of nitro groups is 1. The van der Waals surface area contributed by atoms with Gasteiger partial charge in [-0.3, -0.25) is 29.4 Å². The lowest BCUT2D eigenvalue weighted by atomic mass is 9.76. The molecule has 2 amide bonds. The van der Waals surface area contributed by atoms with Gasteiger partial charge in [-0.2, -0.15) is 0 Å². The van der Waals surface area contributed by atoms with E-state index >= 15 is 0 Å². The molecule has 228 valence electrons. The number of hydrogen-bond acceptors (Lipinski definition) is 8. The number of fused-ring (bicyclic) bond motifs is 2. The first kappa shape index (κ1) is 29.8. The minimum atomic E-state index is -0.745. The summed E-state index contributed by atoms with van der Waals surface area (Å²) < 4.78 is 5.41. The van der Waals surface area contributed by atoms with Crippen molar-refractivity contribution in [1.82, 2.24) is 4.98 Å². The molecule has 0 radical (unpaired) electrons. The predicted octanol–water partition coefficient (Wildman–Crippen LogP) is 6.39. The van der Waals surface area contributed by atoms with Gasteiger partial charge in [-0.1, -0.05) is 49.4 Å². The van der Waals surface area contributed by atoms with Crippen molar-refractivity contribution in [2.24, 2.45) is 17.8 Å². The highest BCUT2D eigenvalue weighted by atomic mass is 16.6. The van der Waals surface area contributed by atoms with E-state index in [1.807, 2.05) is 13.0 Å². The van der Waals surface area contributed by atoms with Crippen LogP contribution in [-0.2, 0) is 14.3 Å². The molecule has 1 aliphatic heterocycles. The van der Waals surface area contributed by atoms with E-state index in [0.717, 1.165) is 24.8 Å². The molecule has 3 atom stereocenters. The fourth-order valence-electron chi connectivity index (χ4n) is 6.41. The third-order valence-corrected chi connectivity index (χ3v) is 8.93. The largest absolute Gasteiger partial charge is 0.454 e. The van der Waals surface area contributed by atoms with Crippen molar-refractivity contribution < 1.29 is 28.8 Å². The summed E-state index contributed by atoms with van der Waals surface area (Å²) in [4.78, 5) is 69.4. The van der Waals surface area contributed by atoms with Crippen LogP contribution < -0.4 is 4.90 Å². The van der Waals surface area contributed by atoms with Crippen LogP contribution in [0.25, 0.3) is 22.2 Å². The summed E-state index contributed by atoms with van der Waals surface area (Å²) in [7, 11) is 0. The van der Waals surface area contributed by atoms with Gasteiger partial charge < -0.3 is 4.74 Å². The Balaban J connectivity index is 1.27. The molecule has 4 aromatic rings. The monoisotopic (exact) mass is 605 g/mol. The maximum Gasteiger partial charge on any atom is 0.339 e. The van der Waals surface area contributed by atoms with Crippen LogP contribution >= 0.6 is 0 Å². The van der Waals surface area contributed by atoms with E-state index < -0.39 is 23.3 Å². The number of hydrogen-bond donors (Lipinski definition) is 0. The first-order valence-electron chi connectivity index (χ1n) is 14.9. The number of aryl methyl sites for hydroxylation is 2. The standard InChI is InChI=1S/C35H31N3O7/c1-19-7-14-26-27(15-19)34(41)37(33(26)40)24-12-10-22(11-13-24)29-17-28(25-6-4-5-21(3)32(25)36-29)35(42)45-18-31(39)23-9-8-20(2)30(16-23)38(43)44/h4-6,8-13,16-17,19,26-27H,7,14-15,18H2,1-3H3. The van der Waals surface area contributed by atoms with Gasteiger partial charge in [0, 0.05) is 28.1 Å². The van der Waals surface area contributed by atoms with Crippen LogP contribution in [-0.4, -0.2) is 40.1 Å². The lowest BCUT2D eigenvalue weighted by Gasteiger charge is -2.25. The second-order valence-electron chi connectivity index (χ2n) is 12.0. The van der Waals surface area contributed by atoms with Gasteiger partial charge in [0.2, 0.25) is 17.6 Å². The van der Waals surface area contributed by atoms with Crippen molar-refractivity contribution in [2.75, 3.05) is 11.5 Å². The van der Waals surface area contributed by atoms with Crippen molar-refractivity contribution in [3.63, 3.8) is 0 Å². The number of carbonyl (C=O) groups is 4. The topological polar surface area (TPSA) is 137 Å². The van der Waals surface area contributed by atoms with Crippen LogP contribution in [0.2, 0.25) is 0 Å². The zero-order valence-corrected chi connectivity index (χ0v) is 25.1. The molecule has 1 saturated carbocycles. The molecule has 6 rings (SSSR count). The van der Waals surface area contributed by atoms with Gasteiger partial charge in [-0.05, 0) is 62.8 Å². The Morgan fingerprint density at radius 3 is 2.42 bits per heavy atom. The number of ether oxygens (including phenoxy) is 1. The predicted molar refractivity (Wildman–Crippen MR) is 167 cm³/mol. The van der Waals surface area contributed by atoms with Gasteiger partial charge in [0.15, 0.2) is 6.61 Å². The molecule has 1 aliphatic carbocycles. The number of aromatic nitrogens is 1. The lowest BCUT2D eigenvalue weighted by Crippen LogP contribution is -2.30. The second-order valence-corrected chi connectivity index (χ2v) is 12.0. The van der Waals surface area contributed by atoms with E-state index in [-0.39, 0.29) is 40.5 Å². The molecule has 3 aromatic carbocycles. The number of pyridine rings is 1. The van der Waals surface area contributed by atoms with Gasteiger partial charge in [-0.25, -0.2) is 9.78 Å². The number of anilines is 1. The minimum absolute atomic E-state index is 0.0695. The van der Waals surface area contributed by atoms with Crippen molar-refractivity contribution in [2.45, 2.75) is 40.0 Å². The summed E-state index contributed by atoms with van der Waals surface area (Å²) in [5.74, 6) is -1.74. The first-order valence-corrected chi connectivity index (χ1v) is 14.9. The molecule has 1 aromatic heterocycles. The number of amides is 2. The van der Waals surface area contributed by atoms with Crippen molar-refractivity contribution in [3.8, 4) is 11.3 Å². The summed E-state index contributed by atoms with van der Waals surface area (Å²) in [6.07, 6.45) is 2.38. The van der Waals surface area contributed by atoms with Gasteiger partial charge >= 0.3 is 5.97 Å². The van der Waals surface area contributed by atoms with Crippen molar-refractivity contribution in [1.29, 1.82) is 0 Å². The lowest BCUT2D eigenvalue weighted by molar-refractivity contribution is -0.385. The fourth-order valence-corrected chi connectivity index (χ4v) is 6.41. The average Bonchev–Trinajstić information content (AvgIpc) is 3.27. The number of esters is 1. The normalized spacial score (nSPS) is 19.4. The van der Waals surface area contributed by atoms with Gasteiger partial charge in [0.1, 0.15) is 0 Å².